The van der Waals surface area contributed by atoms with Crippen LogP contribution in [0.5, 0.6) is 23.0 Å². The third kappa shape index (κ3) is 4.12. The Morgan fingerprint density at radius 2 is 1.73 bits per heavy atom. The summed E-state index contributed by atoms with van der Waals surface area (Å²) in [7, 11) is 1.56. The molecule has 4 aromatic rings. The molecule has 0 spiro atoms. The van der Waals surface area contributed by atoms with Crippen LogP contribution in [0.2, 0.25) is 0 Å². The summed E-state index contributed by atoms with van der Waals surface area (Å²) in [6, 6.07) is 18.1. The monoisotopic (exact) mass is 406 g/mol. The van der Waals surface area contributed by atoms with Gasteiger partial charge in [0.15, 0.2) is 0 Å². The molecule has 0 saturated heterocycles. The van der Waals surface area contributed by atoms with E-state index in [-0.39, 0.29) is 23.6 Å². The Morgan fingerprint density at radius 1 is 0.933 bits per heavy atom. The van der Waals surface area contributed by atoms with Crippen molar-refractivity contribution in [1.29, 1.82) is 0 Å². The summed E-state index contributed by atoms with van der Waals surface area (Å²) in [4.78, 5) is 12.9. The zero-order valence-electron chi connectivity index (χ0n) is 16.5. The predicted octanol–water partition coefficient (Wildman–Crippen LogP) is 5.62. The summed E-state index contributed by atoms with van der Waals surface area (Å²) < 4.78 is 35.8. The standard InChI is InChI=1S/C24H19FO5/c1-15-24(30-20-8-4-7-18(12-20)27-2)23(26)21-10-9-19(13-22(21)29-15)28-14-16-5-3-6-17(25)11-16/h3-13H,14H2,1-2H3. The maximum absolute atomic E-state index is 13.3. The smallest absolute Gasteiger partial charge is 0.235 e. The van der Waals surface area contributed by atoms with Gasteiger partial charge in [-0.05, 0) is 48.9 Å². The largest absolute Gasteiger partial charge is 0.497 e. The van der Waals surface area contributed by atoms with E-state index in [9.17, 15) is 9.18 Å². The third-order valence-electron chi connectivity index (χ3n) is 4.54. The molecule has 0 fully saturated rings. The molecule has 0 aliphatic heterocycles. The first-order valence-corrected chi connectivity index (χ1v) is 9.30. The fourth-order valence-electron chi connectivity index (χ4n) is 3.05. The molecule has 0 atom stereocenters. The van der Waals surface area contributed by atoms with Gasteiger partial charge in [0.2, 0.25) is 11.2 Å². The molecule has 0 amide bonds. The Morgan fingerprint density at radius 3 is 2.53 bits per heavy atom. The lowest BCUT2D eigenvalue weighted by Crippen LogP contribution is -2.07. The van der Waals surface area contributed by atoms with Crippen molar-refractivity contribution in [2.75, 3.05) is 7.11 Å². The van der Waals surface area contributed by atoms with Gasteiger partial charge in [0.05, 0.1) is 12.5 Å². The van der Waals surface area contributed by atoms with Gasteiger partial charge in [0, 0.05) is 12.1 Å². The summed E-state index contributed by atoms with van der Waals surface area (Å²) in [5.41, 5.74) is 0.801. The van der Waals surface area contributed by atoms with E-state index in [4.69, 9.17) is 18.6 Å². The number of aryl methyl sites for hydroxylation is 1. The van der Waals surface area contributed by atoms with Gasteiger partial charge in [-0.2, -0.15) is 0 Å². The van der Waals surface area contributed by atoms with Gasteiger partial charge in [0.25, 0.3) is 0 Å². The van der Waals surface area contributed by atoms with Crippen LogP contribution in [0, 0.1) is 12.7 Å². The quantitative estimate of drug-likeness (QED) is 0.416. The molecule has 0 bridgehead atoms. The average molecular weight is 406 g/mol. The average Bonchev–Trinajstić information content (AvgIpc) is 2.75. The topological polar surface area (TPSA) is 57.9 Å². The number of hydrogen-bond donors (Lipinski definition) is 0. The van der Waals surface area contributed by atoms with E-state index in [1.54, 1.807) is 68.6 Å². The van der Waals surface area contributed by atoms with E-state index in [1.807, 2.05) is 0 Å². The van der Waals surface area contributed by atoms with Crippen molar-refractivity contribution in [3.63, 3.8) is 0 Å². The minimum Gasteiger partial charge on any atom is -0.497 e. The lowest BCUT2D eigenvalue weighted by molar-refractivity contribution is 0.305. The molecule has 5 nitrogen and oxygen atoms in total. The molecule has 1 aromatic heterocycles. The van der Waals surface area contributed by atoms with E-state index in [0.717, 1.165) is 0 Å². The normalized spacial score (nSPS) is 10.8. The predicted molar refractivity (Wildman–Crippen MR) is 111 cm³/mol. The van der Waals surface area contributed by atoms with Crippen LogP contribution < -0.4 is 19.6 Å². The summed E-state index contributed by atoms with van der Waals surface area (Å²) >= 11 is 0. The first kappa shape index (κ1) is 19.5. The van der Waals surface area contributed by atoms with Gasteiger partial charge < -0.3 is 18.6 Å². The molecular formula is C24H19FO5. The molecule has 3 aromatic carbocycles. The van der Waals surface area contributed by atoms with Crippen molar-refractivity contribution in [3.05, 3.63) is 94.1 Å². The molecule has 0 saturated carbocycles. The summed E-state index contributed by atoms with van der Waals surface area (Å²) in [6.45, 7) is 1.86. The van der Waals surface area contributed by atoms with E-state index in [1.165, 1.54) is 12.1 Å². The van der Waals surface area contributed by atoms with Crippen LogP contribution in [-0.2, 0) is 6.61 Å². The van der Waals surface area contributed by atoms with E-state index in [0.29, 0.717) is 39.5 Å². The fraction of sp³-hybridized carbons (Fsp3) is 0.125. The van der Waals surface area contributed by atoms with Gasteiger partial charge in [-0.1, -0.05) is 18.2 Å². The molecule has 0 unspecified atom stereocenters. The number of ether oxygens (including phenoxy) is 3. The Labute approximate surface area is 172 Å². The van der Waals surface area contributed by atoms with Gasteiger partial charge in [0.1, 0.15) is 41.0 Å². The van der Waals surface area contributed by atoms with Crippen molar-refractivity contribution in [1.82, 2.24) is 0 Å². The van der Waals surface area contributed by atoms with Crippen LogP contribution in [0.3, 0.4) is 0 Å². The molecule has 0 N–H and O–H groups in total. The van der Waals surface area contributed by atoms with Crippen molar-refractivity contribution in [2.45, 2.75) is 13.5 Å². The summed E-state index contributed by atoms with van der Waals surface area (Å²) in [6.07, 6.45) is 0. The zero-order valence-corrected chi connectivity index (χ0v) is 16.5. The maximum Gasteiger partial charge on any atom is 0.235 e. The Bertz CT molecular complexity index is 1260. The molecular weight excluding hydrogens is 387 g/mol. The fourth-order valence-corrected chi connectivity index (χ4v) is 3.05. The summed E-state index contributed by atoms with van der Waals surface area (Å²) in [5, 5.41) is 0.372. The highest BCUT2D eigenvalue weighted by Gasteiger charge is 2.15. The lowest BCUT2D eigenvalue weighted by atomic mass is 10.2. The van der Waals surface area contributed by atoms with Crippen molar-refractivity contribution in [2.24, 2.45) is 0 Å². The Kier molecular flexibility index (Phi) is 5.39. The van der Waals surface area contributed by atoms with E-state index >= 15 is 0 Å². The molecule has 1 heterocycles. The second-order valence-corrected chi connectivity index (χ2v) is 6.67. The SMILES string of the molecule is COc1cccc(Oc2c(C)oc3cc(OCc4cccc(F)c4)ccc3c2=O)c1. The number of fused-ring (bicyclic) bond motifs is 1. The molecule has 0 aliphatic rings. The number of benzene rings is 3. The lowest BCUT2D eigenvalue weighted by Gasteiger charge is -2.11. The first-order chi connectivity index (χ1) is 14.5. The highest BCUT2D eigenvalue weighted by molar-refractivity contribution is 5.79. The molecule has 0 aliphatic carbocycles. The van der Waals surface area contributed by atoms with Crippen LogP contribution >= 0.6 is 0 Å². The zero-order chi connectivity index (χ0) is 21.1. The molecule has 4 rings (SSSR count). The van der Waals surface area contributed by atoms with Crippen LogP contribution in [0.4, 0.5) is 4.39 Å². The van der Waals surface area contributed by atoms with E-state index in [2.05, 4.69) is 0 Å². The Balaban J connectivity index is 1.61. The van der Waals surface area contributed by atoms with Crippen molar-refractivity contribution in [3.8, 4) is 23.0 Å². The molecule has 0 radical (unpaired) electrons. The maximum atomic E-state index is 13.3. The van der Waals surface area contributed by atoms with Crippen LogP contribution in [-0.4, -0.2) is 7.11 Å². The minimum absolute atomic E-state index is 0.115. The van der Waals surface area contributed by atoms with Crippen LogP contribution in [0.25, 0.3) is 11.0 Å². The van der Waals surface area contributed by atoms with Gasteiger partial charge in [-0.25, -0.2) is 4.39 Å². The van der Waals surface area contributed by atoms with Crippen LogP contribution in [0.1, 0.15) is 11.3 Å². The van der Waals surface area contributed by atoms with Gasteiger partial charge in [-0.3, -0.25) is 4.79 Å². The first-order valence-electron chi connectivity index (χ1n) is 9.30. The number of halogens is 1. The number of rotatable bonds is 6. The molecule has 30 heavy (non-hydrogen) atoms. The number of methoxy groups -OCH3 is 1. The number of hydrogen-bond acceptors (Lipinski definition) is 5. The Hall–Kier alpha value is -3.80. The van der Waals surface area contributed by atoms with Gasteiger partial charge in [-0.15, -0.1) is 0 Å². The summed E-state index contributed by atoms with van der Waals surface area (Å²) in [5.74, 6) is 1.74. The van der Waals surface area contributed by atoms with Crippen LogP contribution in [0.15, 0.2) is 75.9 Å². The molecule has 6 heteroatoms. The second-order valence-electron chi connectivity index (χ2n) is 6.67. The minimum atomic E-state index is -0.320. The third-order valence-corrected chi connectivity index (χ3v) is 4.54. The van der Waals surface area contributed by atoms with E-state index < -0.39 is 0 Å². The highest BCUT2D eigenvalue weighted by atomic mass is 19.1. The van der Waals surface area contributed by atoms with Crippen molar-refractivity contribution < 1.29 is 23.0 Å². The van der Waals surface area contributed by atoms with Crippen molar-refractivity contribution >= 4 is 11.0 Å². The second kappa shape index (κ2) is 8.29. The van der Waals surface area contributed by atoms with Gasteiger partial charge >= 0.3 is 0 Å². The highest BCUT2D eigenvalue weighted by Crippen LogP contribution is 2.29. The molecule has 152 valence electrons.